The van der Waals surface area contributed by atoms with E-state index in [1.54, 1.807) is 6.20 Å². The smallest absolute Gasteiger partial charge is 0.159 e. The zero-order valence-electron chi connectivity index (χ0n) is 17.6. The SMILES string of the molecule is Cc1ccccc1-c1ncc(CN2CC3CCC(O)(c4ncccc4C)C3C2)cn1. The van der Waals surface area contributed by atoms with Crippen LogP contribution in [0.15, 0.2) is 55.0 Å². The molecule has 1 aliphatic heterocycles. The summed E-state index contributed by atoms with van der Waals surface area (Å²) in [6, 6.07) is 12.2. The number of aromatic nitrogens is 3. The van der Waals surface area contributed by atoms with Gasteiger partial charge in [-0.3, -0.25) is 9.88 Å². The number of rotatable bonds is 4. The molecule has 1 saturated carbocycles. The Morgan fingerprint density at radius 2 is 1.77 bits per heavy atom. The van der Waals surface area contributed by atoms with E-state index < -0.39 is 5.60 Å². The number of benzene rings is 1. The Hall–Kier alpha value is -2.63. The molecule has 154 valence electrons. The van der Waals surface area contributed by atoms with Gasteiger partial charge in [0.05, 0.1) is 5.69 Å². The third kappa shape index (κ3) is 3.32. The fourth-order valence-electron chi connectivity index (χ4n) is 5.40. The first-order valence-corrected chi connectivity index (χ1v) is 10.8. The highest BCUT2D eigenvalue weighted by Crippen LogP contribution is 2.50. The molecule has 0 spiro atoms. The highest BCUT2D eigenvalue weighted by Gasteiger charge is 2.53. The Balaban J connectivity index is 1.30. The summed E-state index contributed by atoms with van der Waals surface area (Å²) in [6.45, 7) is 6.85. The van der Waals surface area contributed by atoms with Crippen molar-refractivity contribution in [2.45, 2.75) is 38.8 Å². The predicted octanol–water partition coefficient (Wildman–Crippen LogP) is 3.89. The molecule has 3 unspecified atom stereocenters. The lowest BCUT2D eigenvalue weighted by Crippen LogP contribution is -2.36. The fourth-order valence-corrected chi connectivity index (χ4v) is 5.40. The molecule has 30 heavy (non-hydrogen) atoms. The maximum absolute atomic E-state index is 11.6. The van der Waals surface area contributed by atoms with Gasteiger partial charge >= 0.3 is 0 Å². The average Bonchev–Trinajstić information content (AvgIpc) is 3.29. The molecule has 2 aromatic heterocycles. The van der Waals surface area contributed by atoms with Crippen molar-refractivity contribution in [3.8, 4) is 11.4 Å². The van der Waals surface area contributed by atoms with Crippen LogP contribution in [0.5, 0.6) is 0 Å². The van der Waals surface area contributed by atoms with Crippen molar-refractivity contribution in [3.05, 3.63) is 77.4 Å². The van der Waals surface area contributed by atoms with Crippen molar-refractivity contribution >= 4 is 0 Å². The van der Waals surface area contributed by atoms with Gasteiger partial charge in [0.15, 0.2) is 5.82 Å². The predicted molar refractivity (Wildman–Crippen MR) is 117 cm³/mol. The van der Waals surface area contributed by atoms with E-state index in [0.717, 1.165) is 60.7 Å². The zero-order valence-corrected chi connectivity index (χ0v) is 17.6. The second kappa shape index (κ2) is 7.56. The zero-order chi connectivity index (χ0) is 20.7. The highest BCUT2D eigenvalue weighted by atomic mass is 16.3. The van der Waals surface area contributed by atoms with Gasteiger partial charge in [-0.2, -0.15) is 0 Å². The Labute approximate surface area is 177 Å². The van der Waals surface area contributed by atoms with E-state index in [0.29, 0.717) is 5.92 Å². The number of aryl methyl sites for hydroxylation is 2. The number of hydrogen-bond acceptors (Lipinski definition) is 5. The van der Waals surface area contributed by atoms with E-state index in [2.05, 4.69) is 38.9 Å². The molecule has 2 fully saturated rings. The second-order valence-corrected chi connectivity index (χ2v) is 8.92. The molecule has 3 aromatic rings. The average molecular weight is 401 g/mol. The van der Waals surface area contributed by atoms with Gasteiger partial charge in [-0.1, -0.05) is 30.3 Å². The van der Waals surface area contributed by atoms with Crippen LogP contribution in [0.4, 0.5) is 0 Å². The van der Waals surface area contributed by atoms with E-state index in [1.165, 1.54) is 5.56 Å². The van der Waals surface area contributed by atoms with Crippen LogP contribution in [0.2, 0.25) is 0 Å². The maximum Gasteiger partial charge on any atom is 0.159 e. The fraction of sp³-hybridized carbons (Fsp3) is 0.400. The van der Waals surface area contributed by atoms with Crippen molar-refractivity contribution in [3.63, 3.8) is 0 Å². The van der Waals surface area contributed by atoms with Gasteiger partial charge in [-0.25, -0.2) is 9.97 Å². The molecule has 0 amide bonds. The quantitative estimate of drug-likeness (QED) is 0.720. The van der Waals surface area contributed by atoms with Gasteiger partial charge < -0.3 is 5.11 Å². The molecule has 1 aromatic carbocycles. The van der Waals surface area contributed by atoms with Crippen LogP contribution in [0.3, 0.4) is 0 Å². The summed E-state index contributed by atoms with van der Waals surface area (Å²) >= 11 is 0. The molecule has 5 heteroatoms. The summed E-state index contributed by atoms with van der Waals surface area (Å²) in [7, 11) is 0. The van der Waals surface area contributed by atoms with Crippen LogP contribution in [0, 0.1) is 25.7 Å². The molecule has 1 saturated heterocycles. The summed E-state index contributed by atoms with van der Waals surface area (Å²) in [5, 5.41) is 11.6. The normalized spacial score (nSPS) is 26.1. The van der Waals surface area contributed by atoms with Crippen LogP contribution in [-0.2, 0) is 12.1 Å². The van der Waals surface area contributed by atoms with Crippen molar-refractivity contribution < 1.29 is 5.11 Å². The van der Waals surface area contributed by atoms with Crippen molar-refractivity contribution in [1.29, 1.82) is 0 Å². The minimum atomic E-state index is -0.810. The van der Waals surface area contributed by atoms with E-state index in [4.69, 9.17) is 0 Å². The van der Waals surface area contributed by atoms with Crippen molar-refractivity contribution in [2.75, 3.05) is 13.1 Å². The molecule has 1 N–H and O–H groups in total. The largest absolute Gasteiger partial charge is 0.383 e. The number of nitrogens with zero attached hydrogens (tertiary/aromatic N) is 4. The van der Waals surface area contributed by atoms with Crippen LogP contribution in [0.1, 0.15) is 35.2 Å². The van der Waals surface area contributed by atoms with Crippen molar-refractivity contribution in [1.82, 2.24) is 19.9 Å². The van der Waals surface area contributed by atoms with Crippen LogP contribution >= 0.6 is 0 Å². The monoisotopic (exact) mass is 400 g/mol. The third-order valence-electron chi connectivity index (χ3n) is 6.94. The molecule has 3 heterocycles. The number of likely N-dealkylation sites (tertiary alicyclic amines) is 1. The number of hydrogen-bond donors (Lipinski definition) is 1. The van der Waals surface area contributed by atoms with Crippen LogP contribution < -0.4 is 0 Å². The number of aliphatic hydroxyl groups is 1. The number of fused-ring (bicyclic) bond motifs is 1. The minimum absolute atomic E-state index is 0.234. The van der Waals surface area contributed by atoms with Crippen LogP contribution in [0.25, 0.3) is 11.4 Å². The summed E-state index contributed by atoms with van der Waals surface area (Å²) in [6.07, 6.45) is 7.54. The molecular weight excluding hydrogens is 372 g/mol. The molecule has 3 atom stereocenters. The summed E-state index contributed by atoms with van der Waals surface area (Å²) in [4.78, 5) is 16.2. The topological polar surface area (TPSA) is 62.1 Å². The molecule has 5 nitrogen and oxygen atoms in total. The van der Waals surface area contributed by atoms with Gasteiger partial charge in [0.1, 0.15) is 5.60 Å². The molecule has 1 aliphatic carbocycles. The Morgan fingerprint density at radius 3 is 2.53 bits per heavy atom. The summed E-state index contributed by atoms with van der Waals surface area (Å²) in [5.74, 6) is 1.52. The summed E-state index contributed by atoms with van der Waals surface area (Å²) < 4.78 is 0. The lowest BCUT2D eigenvalue weighted by atomic mass is 9.83. The third-order valence-corrected chi connectivity index (χ3v) is 6.94. The first kappa shape index (κ1) is 19.3. The van der Waals surface area contributed by atoms with E-state index >= 15 is 0 Å². The van der Waals surface area contributed by atoms with E-state index in [-0.39, 0.29) is 5.92 Å². The molecular formula is C25H28N4O. The Bertz CT molecular complexity index is 1050. The molecule has 5 rings (SSSR count). The standard InChI is InChI=1S/C25H28N4O/c1-17-6-3-4-8-21(17)24-27-12-19(13-28-24)14-29-15-20-9-10-25(30,22(20)16-29)23-18(2)7-5-11-26-23/h3-8,11-13,20,22,30H,9-10,14-16H2,1-2H3. The van der Waals surface area contributed by atoms with Gasteiger partial charge in [-0.05, 0) is 49.8 Å². The van der Waals surface area contributed by atoms with E-state index in [9.17, 15) is 5.11 Å². The van der Waals surface area contributed by atoms with Crippen molar-refractivity contribution in [2.24, 2.45) is 11.8 Å². The summed E-state index contributed by atoms with van der Waals surface area (Å²) in [5.41, 5.74) is 4.52. The van der Waals surface area contributed by atoms with Gasteiger partial charge in [0.2, 0.25) is 0 Å². The first-order valence-electron chi connectivity index (χ1n) is 10.8. The highest BCUT2D eigenvalue weighted by molar-refractivity contribution is 5.59. The van der Waals surface area contributed by atoms with E-state index in [1.807, 2.05) is 43.6 Å². The lowest BCUT2D eigenvalue weighted by molar-refractivity contribution is -0.0114. The van der Waals surface area contributed by atoms with Gasteiger partial charge in [0, 0.05) is 55.3 Å². The minimum Gasteiger partial charge on any atom is -0.383 e. The second-order valence-electron chi connectivity index (χ2n) is 8.92. The lowest BCUT2D eigenvalue weighted by Gasteiger charge is -2.31. The van der Waals surface area contributed by atoms with Gasteiger partial charge in [0.25, 0.3) is 0 Å². The Morgan fingerprint density at radius 1 is 1.00 bits per heavy atom. The molecule has 2 aliphatic rings. The first-order chi connectivity index (χ1) is 14.5. The maximum atomic E-state index is 11.6. The van der Waals surface area contributed by atoms with Gasteiger partial charge in [-0.15, -0.1) is 0 Å². The molecule has 0 radical (unpaired) electrons. The van der Waals surface area contributed by atoms with Crippen LogP contribution in [-0.4, -0.2) is 38.0 Å². The number of pyridine rings is 1. The molecule has 0 bridgehead atoms. The Kier molecular flexibility index (Phi) is 4.88.